The predicted molar refractivity (Wildman–Crippen MR) is 119 cm³/mol. The molecule has 7 nitrogen and oxygen atoms in total. The summed E-state index contributed by atoms with van der Waals surface area (Å²) < 4.78 is 11.1. The summed E-state index contributed by atoms with van der Waals surface area (Å²) in [6.45, 7) is 2.25. The fourth-order valence-electron chi connectivity index (χ4n) is 3.60. The first-order chi connectivity index (χ1) is 15.0. The minimum atomic E-state index is -0.737. The van der Waals surface area contributed by atoms with E-state index in [2.05, 4.69) is 11.4 Å². The van der Waals surface area contributed by atoms with Crippen molar-refractivity contribution in [3.05, 3.63) is 64.2 Å². The molecule has 1 aliphatic carbocycles. The lowest BCUT2D eigenvalue weighted by Gasteiger charge is -2.18. The van der Waals surface area contributed by atoms with Crippen molar-refractivity contribution in [2.24, 2.45) is 0 Å². The molecule has 0 saturated heterocycles. The van der Waals surface area contributed by atoms with E-state index in [9.17, 15) is 14.9 Å². The van der Waals surface area contributed by atoms with E-state index in [1.807, 2.05) is 0 Å². The first-order valence-corrected chi connectivity index (χ1v) is 10.5. The molecule has 2 aromatic rings. The van der Waals surface area contributed by atoms with Crippen LogP contribution >= 0.6 is 0 Å². The van der Waals surface area contributed by atoms with Gasteiger partial charge in [0.05, 0.1) is 12.0 Å². The molecule has 0 fully saturated rings. The van der Waals surface area contributed by atoms with Gasteiger partial charge in [0, 0.05) is 24.2 Å². The highest BCUT2D eigenvalue weighted by Gasteiger charge is 2.19. The molecule has 0 spiro atoms. The van der Waals surface area contributed by atoms with E-state index < -0.39 is 11.0 Å². The highest BCUT2D eigenvalue weighted by atomic mass is 16.6. The van der Waals surface area contributed by atoms with Crippen molar-refractivity contribution in [1.29, 1.82) is 0 Å². The van der Waals surface area contributed by atoms with Gasteiger partial charge in [-0.2, -0.15) is 0 Å². The summed E-state index contributed by atoms with van der Waals surface area (Å²) in [4.78, 5) is 23.3. The quantitative estimate of drug-likeness (QED) is 0.346. The molecule has 0 unspecified atom stereocenters. The fraction of sp³-hybridized carbons (Fsp3) is 0.375. The molecule has 0 saturated carbocycles. The van der Waals surface area contributed by atoms with Gasteiger partial charge in [-0.1, -0.05) is 23.8 Å². The number of nitrogens with one attached hydrogen (secondary N) is 1. The third kappa shape index (κ3) is 6.07. The second kappa shape index (κ2) is 10.6. The maximum atomic E-state index is 12.5. The van der Waals surface area contributed by atoms with Gasteiger partial charge in [0.1, 0.15) is 11.5 Å². The number of carbonyl (C=O) groups excluding carboxylic acids is 1. The Labute approximate surface area is 182 Å². The second-order valence-corrected chi connectivity index (χ2v) is 7.58. The summed E-state index contributed by atoms with van der Waals surface area (Å²) in [6, 6.07) is 11.5. The number of methoxy groups -OCH3 is 1. The maximum absolute atomic E-state index is 12.5. The van der Waals surface area contributed by atoms with Crippen molar-refractivity contribution in [3.8, 4) is 22.6 Å². The first-order valence-electron chi connectivity index (χ1n) is 10.5. The van der Waals surface area contributed by atoms with Crippen molar-refractivity contribution < 1.29 is 19.2 Å². The molecular weight excluding hydrogens is 396 g/mol. The number of non-ortho nitro benzene ring substituents is 1. The monoisotopic (exact) mass is 424 g/mol. The summed E-state index contributed by atoms with van der Waals surface area (Å²) >= 11 is 0. The van der Waals surface area contributed by atoms with Crippen molar-refractivity contribution in [3.63, 3.8) is 0 Å². The molecule has 0 radical (unpaired) electrons. The summed E-state index contributed by atoms with van der Waals surface area (Å²) in [7, 11) is 1.57. The van der Waals surface area contributed by atoms with Gasteiger partial charge >= 0.3 is 0 Å². The molecule has 31 heavy (non-hydrogen) atoms. The van der Waals surface area contributed by atoms with Crippen LogP contribution in [0.1, 0.15) is 39.0 Å². The zero-order valence-corrected chi connectivity index (χ0v) is 17.9. The van der Waals surface area contributed by atoms with Gasteiger partial charge in [-0.15, -0.1) is 0 Å². The lowest BCUT2D eigenvalue weighted by Crippen LogP contribution is -2.37. The number of nitro benzene ring substituents is 1. The summed E-state index contributed by atoms with van der Waals surface area (Å²) in [6.07, 6.45) is 7.08. The lowest BCUT2D eigenvalue weighted by molar-refractivity contribution is -0.384. The van der Waals surface area contributed by atoms with Crippen molar-refractivity contribution in [2.45, 2.75) is 45.1 Å². The molecule has 7 heteroatoms. The highest BCUT2D eigenvalue weighted by Crippen LogP contribution is 2.35. The number of nitro groups is 1. The van der Waals surface area contributed by atoms with Gasteiger partial charge in [-0.3, -0.25) is 14.9 Å². The smallest absolute Gasteiger partial charge is 0.270 e. The van der Waals surface area contributed by atoms with Crippen LogP contribution in [0, 0.1) is 10.1 Å². The zero-order valence-electron chi connectivity index (χ0n) is 17.9. The number of hydrogen-bond donors (Lipinski definition) is 1. The Morgan fingerprint density at radius 2 is 1.97 bits per heavy atom. The molecule has 2 aromatic carbocycles. The van der Waals surface area contributed by atoms with Crippen LogP contribution in [0.3, 0.4) is 0 Å². The van der Waals surface area contributed by atoms with Crippen LogP contribution < -0.4 is 14.8 Å². The Bertz CT molecular complexity index is 953. The first kappa shape index (κ1) is 22.3. The standard InChI is InChI=1S/C24H28N2O5/c1-17(24(27)25-15-14-18-6-4-3-5-7-18)31-23-13-10-20(26(28)29)16-22(23)19-8-11-21(30-2)12-9-19/h6,8-13,16-17H,3-5,7,14-15H2,1-2H3,(H,25,27)/t17-/m1/s1. The summed E-state index contributed by atoms with van der Waals surface area (Å²) in [5, 5.41) is 14.2. The van der Waals surface area contributed by atoms with Gasteiger partial charge in [-0.05, 0) is 62.8 Å². The van der Waals surface area contributed by atoms with Crippen LogP contribution in [-0.2, 0) is 4.79 Å². The minimum Gasteiger partial charge on any atom is -0.497 e. The van der Waals surface area contributed by atoms with Crippen LogP contribution in [-0.4, -0.2) is 30.6 Å². The number of nitrogens with zero attached hydrogens (tertiary/aromatic N) is 1. The number of allylic oxidation sites excluding steroid dienone is 1. The summed E-state index contributed by atoms with van der Waals surface area (Å²) in [5.41, 5.74) is 2.63. The van der Waals surface area contributed by atoms with Crippen LogP contribution in [0.25, 0.3) is 11.1 Å². The van der Waals surface area contributed by atoms with Gasteiger partial charge in [0.15, 0.2) is 6.10 Å². The number of ether oxygens (including phenoxy) is 2. The maximum Gasteiger partial charge on any atom is 0.270 e. The summed E-state index contributed by atoms with van der Waals surface area (Å²) in [5.74, 6) is 0.876. The molecule has 1 atom stereocenters. The van der Waals surface area contributed by atoms with Gasteiger partial charge < -0.3 is 14.8 Å². The Balaban J connectivity index is 1.70. The molecule has 0 aliphatic heterocycles. The predicted octanol–water partition coefficient (Wildman–Crippen LogP) is 5.04. The number of hydrogen-bond acceptors (Lipinski definition) is 5. The Morgan fingerprint density at radius 1 is 1.19 bits per heavy atom. The van der Waals surface area contributed by atoms with Crippen LogP contribution in [0.2, 0.25) is 0 Å². The average Bonchev–Trinajstić information content (AvgIpc) is 2.80. The minimum absolute atomic E-state index is 0.0453. The van der Waals surface area contributed by atoms with E-state index >= 15 is 0 Å². The van der Waals surface area contributed by atoms with Gasteiger partial charge in [0.2, 0.25) is 0 Å². The average molecular weight is 424 g/mol. The molecule has 1 aliphatic rings. The van der Waals surface area contributed by atoms with E-state index in [4.69, 9.17) is 9.47 Å². The fourth-order valence-corrected chi connectivity index (χ4v) is 3.60. The number of rotatable bonds is 9. The van der Waals surface area contributed by atoms with E-state index in [1.54, 1.807) is 38.3 Å². The molecular formula is C24H28N2O5. The molecule has 1 N–H and O–H groups in total. The molecule has 164 valence electrons. The van der Waals surface area contributed by atoms with Crippen molar-refractivity contribution >= 4 is 11.6 Å². The normalized spacial score (nSPS) is 14.3. The number of benzene rings is 2. The number of carbonyl (C=O) groups is 1. The van der Waals surface area contributed by atoms with Crippen molar-refractivity contribution in [2.75, 3.05) is 13.7 Å². The van der Waals surface area contributed by atoms with E-state index in [0.717, 1.165) is 24.8 Å². The Hall–Kier alpha value is -3.35. The van der Waals surface area contributed by atoms with Crippen LogP contribution in [0.15, 0.2) is 54.1 Å². The highest BCUT2D eigenvalue weighted by molar-refractivity contribution is 5.81. The van der Waals surface area contributed by atoms with Crippen molar-refractivity contribution in [1.82, 2.24) is 5.32 Å². The van der Waals surface area contributed by atoms with Crippen LogP contribution in [0.5, 0.6) is 11.5 Å². The Kier molecular flexibility index (Phi) is 7.65. The molecule has 3 rings (SSSR count). The topological polar surface area (TPSA) is 90.7 Å². The van der Waals surface area contributed by atoms with Crippen LogP contribution in [0.4, 0.5) is 5.69 Å². The van der Waals surface area contributed by atoms with E-state index in [1.165, 1.54) is 36.6 Å². The second-order valence-electron chi connectivity index (χ2n) is 7.58. The molecule has 1 amide bonds. The van der Waals surface area contributed by atoms with E-state index in [0.29, 0.717) is 23.6 Å². The molecule has 0 bridgehead atoms. The van der Waals surface area contributed by atoms with Gasteiger partial charge in [0.25, 0.3) is 11.6 Å². The lowest BCUT2D eigenvalue weighted by atomic mass is 9.97. The number of amides is 1. The SMILES string of the molecule is COc1ccc(-c2cc([N+](=O)[O-])ccc2O[C@H](C)C(=O)NCCC2=CCCCC2)cc1. The molecule has 0 heterocycles. The zero-order chi connectivity index (χ0) is 22.2. The largest absolute Gasteiger partial charge is 0.497 e. The Morgan fingerprint density at radius 3 is 2.61 bits per heavy atom. The molecule has 0 aromatic heterocycles. The van der Waals surface area contributed by atoms with Gasteiger partial charge in [-0.25, -0.2) is 0 Å². The third-order valence-corrected chi connectivity index (χ3v) is 5.38. The third-order valence-electron chi connectivity index (χ3n) is 5.38. The van der Waals surface area contributed by atoms with E-state index in [-0.39, 0.29) is 11.6 Å².